The Kier molecular flexibility index (Phi) is 27.7. The van der Waals surface area contributed by atoms with Crippen molar-refractivity contribution in [1.82, 2.24) is 0 Å². The van der Waals surface area contributed by atoms with Gasteiger partial charge < -0.3 is 0 Å². The van der Waals surface area contributed by atoms with Gasteiger partial charge in [0.15, 0.2) is 0 Å². The molecule has 0 aromatic rings. The fourth-order valence-electron chi connectivity index (χ4n) is 3.68. The fourth-order valence-corrected chi connectivity index (χ4v) is 6.37. The zero-order valence-electron chi connectivity index (χ0n) is 20.4. The second kappa shape index (κ2) is 25.6. The summed E-state index contributed by atoms with van der Waals surface area (Å²) in [6, 6.07) is 0. The predicted octanol–water partition coefficient (Wildman–Crippen LogP) is 8.90. The van der Waals surface area contributed by atoms with Gasteiger partial charge in [-0.25, -0.2) is 0 Å². The molecule has 0 aliphatic rings. The standard InChI is InChI=1S/C24H51P.H2O4S/c1-4-7-10-13-16-19-22-25(23-20-17-14-11-8-5-2)24-21-18-15-12-9-6-3;1-5(2,3)4/h4-24H2,1-3H3;(H2,1,2,3,4). The Balaban J connectivity index is 0. The Bertz CT molecular complexity index is 369. The van der Waals surface area contributed by atoms with Crippen molar-refractivity contribution in [3.8, 4) is 0 Å². The highest BCUT2D eigenvalue weighted by atomic mass is 32.3. The molecule has 184 valence electrons. The molecular weight excluding hydrogens is 415 g/mol. The van der Waals surface area contributed by atoms with E-state index in [0.29, 0.717) is 7.92 Å². The Morgan fingerprint density at radius 1 is 0.467 bits per heavy atom. The highest BCUT2D eigenvalue weighted by molar-refractivity contribution is 7.79. The molecule has 2 N–H and O–H groups in total. The maximum absolute atomic E-state index is 8.74. The largest absolute Gasteiger partial charge is 0.394 e. The van der Waals surface area contributed by atoms with E-state index in [-0.39, 0.29) is 0 Å². The third-order valence-electron chi connectivity index (χ3n) is 5.48. The van der Waals surface area contributed by atoms with E-state index >= 15 is 0 Å². The van der Waals surface area contributed by atoms with Crippen molar-refractivity contribution >= 4 is 18.3 Å². The molecule has 0 saturated carbocycles. The quantitative estimate of drug-likeness (QED) is 0.100. The number of hydrogen-bond donors (Lipinski definition) is 2. The average molecular weight is 469 g/mol. The van der Waals surface area contributed by atoms with Gasteiger partial charge in [-0.2, -0.15) is 8.42 Å². The lowest BCUT2D eigenvalue weighted by atomic mass is 10.1. The van der Waals surface area contributed by atoms with E-state index in [4.69, 9.17) is 17.5 Å². The van der Waals surface area contributed by atoms with Crippen LogP contribution < -0.4 is 0 Å². The highest BCUT2D eigenvalue weighted by Gasteiger charge is 2.07. The van der Waals surface area contributed by atoms with Crippen molar-refractivity contribution in [3.05, 3.63) is 0 Å². The van der Waals surface area contributed by atoms with Crippen LogP contribution in [0.5, 0.6) is 0 Å². The second-order valence-electron chi connectivity index (χ2n) is 8.59. The van der Waals surface area contributed by atoms with Crippen molar-refractivity contribution < 1.29 is 17.5 Å². The zero-order valence-corrected chi connectivity index (χ0v) is 22.1. The van der Waals surface area contributed by atoms with Gasteiger partial charge in [-0.3, -0.25) is 9.11 Å². The molecule has 0 aliphatic heterocycles. The number of unbranched alkanes of at least 4 members (excludes halogenated alkanes) is 15. The smallest absolute Gasteiger partial charge is 0.264 e. The van der Waals surface area contributed by atoms with Gasteiger partial charge in [-0.1, -0.05) is 117 Å². The third-order valence-corrected chi connectivity index (χ3v) is 8.33. The maximum Gasteiger partial charge on any atom is 0.394 e. The summed E-state index contributed by atoms with van der Waals surface area (Å²) in [7, 11) is -4.30. The molecule has 0 spiro atoms. The predicted molar refractivity (Wildman–Crippen MR) is 136 cm³/mol. The molecule has 0 unspecified atom stereocenters. The number of hydrogen-bond acceptors (Lipinski definition) is 2. The van der Waals surface area contributed by atoms with Crippen molar-refractivity contribution in [3.63, 3.8) is 0 Å². The first kappa shape index (κ1) is 32.5. The van der Waals surface area contributed by atoms with Crippen LogP contribution in [0.15, 0.2) is 0 Å². The van der Waals surface area contributed by atoms with Crippen LogP contribution in [0, 0.1) is 0 Å². The van der Waals surface area contributed by atoms with E-state index in [1.807, 2.05) is 0 Å². The summed E-state index contributed by atoms with van der Waals surface area (Å²) in [5.41, 5.74) is 0. The van der Waals surface area contributed by atoms with Crippen LogP contribution in [0.1, 0.15) is 136 Å². The normalized spacial score (nSPS) is 11.5. The lowest BCUT2D eigenvalue weighted by Crippen LogP contribution is -1.97. The topological polar surface area (TPSA) is 74.6 Å². The van der Waals surface area contributed by atoms with E-state index in [2.05, 4.69) is 20.8 Å². The molecular formula is C24H53O4PS. The van der Waals surface area contributed by atoms with E-state index in [1.165, 1.54) is 116 Å². The van der Waals surface area contributed by atoms with Crippen LogP contribution in [-0.2, 0) is 10.4 Å². The van der Waals surface area contributed by atoms with Crippen LogP contribution in [0.25, 0.3) is 0 Å². The number of rotatable bonds is 21. The molecule has 0 aromatic carbocycles. The average Bonchev–Trinajstić information content (AvgIpc) is 2.68. The van der Waals surface area contributed by atoms with Crippen LogP contribution >= 0.6 is 7.92 Å². The first-order valence-electron chi connectivity index (χ1n) is 12.8. The molecule has 0 atom stereocenters. The van der Waals surface area contributed by atoms with Gasteiger partial charge in [-0.15, -0.1) is 7.92 Å². The summed E-state index contributed by atoms with van der Waals surface area (Å²) in [6.45, 7) is 6.96. The molecule has 0 aromatic heterocycles. The minimum atomic E-state index is -4.67. The Hall–Kier alpha value is 0.300. The summed E-state index contributed by atoms with van der Waals surface area (Å²) in [5.74, 6) is 0. The fraction of sp³-hybridized carbons (Fsp3) is 1.00. The third kappa shape index (κ3) is 35.7. The van der Waals surface area contributed by atoms with Crippen LogP contribution in [0.3, 0.4) is 0 Å². The van der Waals surface area contributed by atoms with Crippen molar-refractivity contribution in [2.24, 2.45) is 0 Å². The molecule has 6 heteroatoms. The van der Waals surface area contributed by atoms with Crippen LogP contribution in [-0.4, -0.2) is 36.0 Å². The van der Waals surface area contributed by atoms with Crippen LogP contribution in [0.2, 0.25) is 0 Å². The summed E-state index contributed by atoms with van der Waals surface area (Å²) in [5, 5.41) is 0. The van der Waals surface area contributed by atoms with E-state index in [9.17, 15) is 0 Å². The Morgan fingerprint density at radius 2 is 0.667 bits per heavy atom. The summed E-state index contributed by atoms with van der Waals surface area (Å²) in [4.78, 5) is 0. The summed E-state index contributed by atoms with van der Waals surface area (Å²) in [6.07, 6.45) is 31.2. The van der Waals surface area contributed by atoms with Gasteiger partial charge in [0, 0.05) is 0 Å². The molecule has 0 bridgehead atoms. The minimum Gasteiger partial charge on any atom is -0.264 e. The SMILES string of the molecule is CCCCCCCCP(CCCCCCCC)CCCCCCCC.O=S(=O)(O)O. The van der Waals surface area contributed by atoms with Gasteiger partial charge >= 0.3 is 10.4 Å². The van der Waals surface area contributed by atoms with Gasteiger partial charge in [0.05, 0.1) is 0 Å². The second-order valence-corrected chi connectivity index (χ2v) is 12.2. The highest BCUT2D eigenvalue weighted by Crippen LogP contribution is 2.39. The molecule has 0 fully saturated rings. The first-order valence-corrected chi connectivity index (χ1v) is 16.1. The lowest BCUT2D eigenvalue weighted by Gasteiger charge is -2.18. The van der Waals surface area contributed by atoms with E-state index in [0.717, 1.165) is 0 Å². The van der Waals surface area contributed by atoms with Crippen molar-refractivity contribution in [2.75, 3.05) is 18.5 Å². The molecule has 0 saturated heterocycles. The Morgan fingerprint density at radius 3 is 0.900 bits per heavy atom. The van der Waals surface area contributed by atoms with Gasteiger partial charge in [-0.05, 0) is 37.7 Å². The molecule has 0 heterocycles. The van der Waals surface area contributed by atoms with Gasteiger partial charge in [0.1, 0.15) is 0 Å². The monoisotopic (exact) mass is 468 g/mol. The van der Waals surface area contributed by atoms with E-state index < -0.39 is 10.4 Å². The van der Waals surface area contributed by atoms with Gasteiger partial charge in [0.2, 0.25) is 0 Å². The molecule has 0 rings (SSSR count). The molecule has 0 aliphatic carbocycles. The van der Waals surface area contributed by atoms with Crippen molar-refractivity contribution in [1.29, 1.82) is 0 Å². The molecule has 4 nitrogen and oxygen atoms in total. The molecule has 0 radical (unpaired) electrons. The first-order chi connectivity index (χ1) is 14.3. The summed E-state index contributed by atoms with van der Waals surface area (Å²) >= 11 is 0. The lowest BCUT2D eigenvalue weighted by molar-refractivity contribution is 0.381. The minimum absolute atomic E-state index is 0.366. The van der Waals surface area contributed by atoms with Gasteiger partial charge in [0.25, 0.3) is 0 Å². The maximum atomic E-state index is 8.74. The summed E-state index contributed by atoms with van der Waals surface area (Å²) < 4.78 is 31.6. The van der Waals surface area contributed by atoms with Crippen LogP contribution in [0.4, 0.5) is 0 Å². The molecule has 0 amide bonds. The van der Waals surface area contributed by atoms with E-state index in [1.54, 1.807) is 18.5 Å². The zero-order chi connectivity index (χ0) is 22.9. The molecule has 30 heavy (non-hydrogen) atoms. The Labute approximate surface area is 190 Å². The van der Waals surface area contributed by atoms with Crippen molar-refractivity contribution in [2.45, 2.75) is 136 Å².